The molecule has 0 heterocycles. The van der Waals surface area contributed by atoms with Crippen molar-refractivity contribution in [3.63, 3.8) is 0 Å². The van der Waals surface area contributed by atoms with E-state index in [1.54, 1.807) is 24.3 Å². The van der Waals surface area contributed by atoms with Crippen LogP contribution < -0.4 is 10.1 Å². The summed E-state index contributed by atoms with van der Waals surface area (Å²) in [6.45, 7) is 3.40. The van der Waals surface area contributed by atoms with Crippen LogP contribution in [0, 0.1) is 6.92 Å². The Balaban J connectivity index is 1.95. The van der Waals surface area contributed by atoms with E-state index in [-0.39, 0.29) is 18.3 Å². The summed E-state index contributed by atoms with van der Waals surface area (Å²) in [5, 5.41) is 2.65. The van der Waals surface area contributed by atoms with Gasteiger partial charge in [-0.15, -0.1) is 0 Å². The maximum absolute atomic E-state index is 12.0. The van der Waals surface area contributed by atoms with Gasteiger partial charge in [-0.1, -0.05) is 12.1 Å². The molecule has 0 radical (unpaired) electrons. The van der Waals surface area contributed by atoms with E-state index in [0.717, 1.165) is 5.56 Å². The zero-order chi connectivity index (χ0) is 15.2. The number of hydrogen-bond donors (Lipinski definition) is 1. The molecule has 0 aromatic heterocycles. The number of carbonyl (C=O) groups is 2. The van der Waals surface area contributed by atoms with E-state index in [4.69, 9.17) is 4.74 Å². The van der Waals surface area contributed by atoms with Gasteiger partial charge in [0.05, 0.1) is 0 Å². The minimum Gasteiger partial charge on any atom is -0.485 e. The molecule has 0 bridgehead atoms. The smallest absolute Gasteiger partial charge is 0.221 e. The van der Waals surface area contributed by atoms with E-state index >= 15 is 0 Å². The second-order valence-corrected chi connectivity index (χ2v) is 4.79. The van der Waals surface area contributed by atoms with Crippen molar-refractivity contribution in [2.75, 3.05) is 11.9 Å². The third-order valence-corrected chi connectivity index (χ3v) is 2.89. The summed E-state index contributed by atoms with van der Waals surface area (Å²) >= 11 is 0. The molecule has 1 amide bonds. The fraction of sp³-hybridized carbons (Fsp3) is 0.176. The third-order valence-electron chi connectivity index (χ3n) is 2.89. The Labute approximate surface area is 123 Å². The van der Waals surface area contributed by atoms with Gasteiger partial charge in [0, 0.05) is 18.2 Å². The lowest BCUT2D eigenvalue weighted by Crippen LogP contribution is -2.12. The summed E-state index contributed by atoms with van der Waals surface area (Å²) < 4.78 is 5.48. The van der Waals surface area contributed by atoms with Crippen LogP contribution in [-0.2, 0) is 4.79 Å². The first-order valence-electron chi connectivity index (χ1n) is 6.65. The van der Waals surface area contributed by atoms with Gasteiger partial charge in [0.25, 0.3) is 0 Å². The molecule has 2 rings (SSSR count). The van der Waals surface area contributed by atoms with E-state index in [9.17, 15) is 9.59 Å². The summed E-state index contributed by atoms with van der Waals surface area (Å²) in [6, 6.07) is 14.3. The average molecular weight is 283 g/mol. The second-order valence-electron chi connectivity index (χ2n) is 4.79. The number of ketones is 1. The summed E-state index contributed by atoms with van der Waals surface area (Å²) in [5.74, 6) is 0.431. The lowest BCUT2D eigenvalue weighted by Gasteiger charge is -2.07. The Bertz CT molecular complexity index is 647. The minimum atomic E-state index is -0.142. The van der Waals surface area contributed by atoms with Crippen molar-refractivity contribution in [3.8, 4) is 5.75 Å². The lowest BCUT2D eigenvalue weighted by atomic mass is 10.1. The number of rotatable bonds is 5. The van der Waals surface area contributed by atoms with Crippen LogP contribution >= 0.6 is 0 Å². The van der Waals surface area contributed by atoms with E-state index in [2.05, 4.69) is 5.32 Å². The van der Waals surface area contributed by atoms with E-state index < -0.39 is 0 Å². The molecule has 2 aromatic rings. The highest BCUT2D eigenvalue weighted by atomic mass is 16.5. The topological polar surface area (TPSA) is 55.4 Å². The Morgan fingerprint density at radius 2 is 1.81 bits per heavy atom. The van der Waals surface area contributed by atoms with Gasteiger partial charge in [-0.05, 0) is 48.9 Å². The molecule has 4 heteroatoms. The molecule has 0 aliphatic heterocycles. The standard InChI is InChI=1S/C17H17NO3/c1-12-4-3-5-16(10-12)21-11-17(20)14-6-8-15(9-7-14)18-13(2)19/h3-10H,11H2,1-2H3,(H,18,19). The highest BCUT2D eigenvalue weighted by Gasteiger charge is 2.07. The van der Waals surface area contributed by atoms with Gasteiger partial charge in [0.1, 0.15) is 5.75 Å². The number of benzene rings is 2. The molecule has 0 unspecified atom stereocenters. The summed E-state index contributed by atoms with van der Waals surface area (Å²) in [5.41, 5.74) is 2.30. The van der Waals surface area contributed by atoms with Crippen molar-refractivity contribution in [1.29, 1.82) is 0 Å². The second kappa shape index (κ2) is 6.70. The van der Waals surface area contributed by atoms with Gasteiger partial charge in [-0.25, -0.2) is 0 Å². The van der Waals surface area contributed by atoms with Gasteiger partial charge in [-0.3, -0.25) is 9.59 Å². The SMILES string of the molecule is CC(=O)Nc1ccc(C(=O)COc2cccc(C)c2)cc1. The van der Waals surface area contributed by atoms with Gasteiger partial charge in [-0.2, -0.15) is 0 Å². The van der Waals surface area contributed by atoms with Crippen LogP contribution in [0.1, 0.15) is 22.8 Å². The molecule has 0 atom stereocenters. The molecule has 0 saturated carbocycles. The Morgan fingerprint density at radius 3 is 2.43 bits per heavy atom. The largest absolute Gasteiger partial charge is 0.485 e. The number of anilines is 1. The third kappa shape index (κ3) is 4.45. The van der Waals surface area contributed by atoms with Crippen molar-refractivity contribution in [1.82, 2.24) is 0 Å². The molecule has 1 N–H and O–H groups in total. The van der Waals surface area contributed by atoms with Crippen molar-refractivity contribution in [2.45, 2.75) is 13.8 Å². The summed E-state index contributed by atoms with van der Waals surface area (Å²) in [4.78, 5) is 22.9. The number of amides is 1. The number of Topliss-reactive ketones (excluding diaryl/α,β-unsaturated/α-hetero) is 1. The number of hydrogen-bond acceptors (Lipinski definition) is 3. The fourth-order valence-corrected chi connectivity index (χ4v) is 1.88. The van der Waals surface area contributed by atoms with Crippen LogP contribution in [0.5, 0.6) is 5.75 Å². The van der Waals surface area contributed by atoms with Crippen molar-refractivity contribution in [3.05, 3.63) is 59.7 Å². The lowest BCUT2D eigenvalue weighted by molar-refractivity contribution is -0.114. The first kappa shape index (κ1) is 14.8. The van der Waals surface area contributed by atoms with E-state index in [0.29, 0.717) is 17.0 Å². The van der Waals surface area contributed by atoms with Crippen molar-refractivity contribution < 1.29 is 14.3 Å². The molecular formula is C17H17NO3. The Kier molecular flexibility index (Phi) is 4.72. The molecule has 4 nitrogen and oxygen atoms in total. The van der Waals surface area contributed by atoms with Gasteiger partial charge in [0.2, 0.25) is 5.91 Å². The molecule has 0 fully saturated rings. The van der Waals surface area contributed by atoms with Crippen LogP contribution in [-0.4, -0.2) is 18.3 Å². The van der Waals surface area contributed by atoms with E-state index in [1.165, 1.54) is 6.92 Å². The first-order valence-corrected chi connectivity index (χ1v) is 6.65. The quantitative estimate of drug-likeness (QED) is 0.857. The number of aryl methyl sites for hydroxylation is 1. The summed E-state index contributed by atoms with van der Waals surface area (Å²) in [7, 11) is 0. The molecule has 0 saturated heterocycles. The van der Waals surface area contributed by atoms with Crippen LogP contribution in [0.3, 0.4) is 0 Å². The maximum Gasteiger partial charge on any atom is 0.221 e. The molecule has 0 aliphatic carbocycles. The van der Waals surface area contributed by atoms with Crippen LogP contribution in [0.4, 0.5) is 5.69 Å². The Hall–Kier alpha value is -2.62. The summed E-state index contributed by atoms with van der Waals surface area (Å²) in [6.07, 6.45) is 0. The zero-order valence-electron chi connectivity index (χ0n) is 12.1. The van der Waals surface area contributed by atoms with Gasteiger partial charge in [0.15, 0.2) is 12.4 Å². The Morgan fingerprint density at radius 1 is 1.10 bits per heavy atom. The van der Waals surface area contributed by atoms with Crippen LogP contribution in [0.2, 0.25) is 0 Å². The molecule has 0 aliphatic rings. The molecule has 2 aromatic carbocycles. The molecule has 21 heavy (non-hydrogen) atoms. The van der Waals surface area contributed by atoms with Gasteiger partial charge < -0.3 is 10.1 Å². The van der Waals surface area contributed by atoms with Gasteiger partial charge >= 0.3 is 0 Å². The minimum absolute atomic E-state index is 0.0110. The fourth-order valence-electron chi connectivity index (χ4n) is 1.88. The molecular weight excluding hydrogens is 266 g/mol. The van der Waals surface area contributed by atoms with Crippen LogP contribution in [0.25, 0.3) is 0 Å². The average Bonchev–Trinajstić information content (AvgIpc) is 2.45. The van der Waals surface area contributed by atoms with E-state index in [1.807, 2.05) is 31.2 Å². The monoisotopic (exact) mass is 283 g/mol. The number of carbonyl (C=O) groups excluding carboxylic acids is 2. The predicted molar refractivity (Wildman–Crippen MR) is 81.8 cm³/mol. The maximum atomic E-state index is 12.0. The normalized spacial score (nSPS) is 10.0. The first-order chi connectivity index (χ1) is 10.0. The highest BCUT2D eigenvalue weighted by molar-refractivity contribution is 5.98. The number of nitrogens with one attached hydrogen (secondary N) is 1. The highest BCUT2D eigenvalue weighted by Crippen LogP contribution is 2.14. The number of ether oxygens (including phenoxy) is 1. The predicted octanol–water partition coefficient (Wildman–Crippen LogP) is 3.22. The molecule has 108 valence electrons. The van der Waals surface area contributed by atoms with Crippen molar-refractivity contribution >= 4 is 17.4 Å². The molecule has 0 spiro atoms. The zero-order valence-corrected chi connectivity index (χ0v) is 12.1. The van der Waals surface area contributed by atoms with Crippen molar-refractivity contribution in [2.24, 2.45) is 0 Å². The van der Waals surface area contributed by atoms with Crippen LogP contribution in [0.15, 0.2) is 48.5 Å².